The van der Waals surface area contributed by atoms with E-state index in [0.29, 0.717) is 28.5 Å². The average Bonchev–Trinajstić information content (AvgIpc) is 2.69. The SMILES string of the molecule is CCOC(=O)CS(=O)c1ccc(Oc2cccc(C3C(C)CCNC3C)c2)cc1. The predicted molar refractivity (Wildman–Crippen MR) is 115 cm³/mol. The molecule has 6 heteroatoms. The number of carbonyl (C=O) groups excluding carboxylic acids is 1. The van der Waals surface area contributed by atoms with Gasteiger partial charge in [0.15, 0.2) is 0 Å². The summed E-state index contributed by atoms with van der Waals surface area (Å²) in [7, 11) is -1.42. The quantitative estimate of drug-likeness (QED) is 0.685. The van der Waals surface area contributed by atoms with Crippen LogP contribution in [0.3, 0.4) is 0 Å². The Kier molecular flexibility index (Phi) is 7.45. The third-order valence-corrected chi connectivity index (χ3v) is 6.63. The number of hydrogen-bond donors (Lipinski definition) is 1. The summed E-state index contributed by atoms with van der Waals surface area (Å²) in [5, 5.41) is 3.57. The molecule has 0 saturated carbocycles. The molecule has 3 rings (SSSR count). The van der Waals surface area contributed by atoms with Crippen LogP contribution in [0.15, 0.2) is 53.4 Å². The first-order chi connectivity index (χ1) is 14.0. The second-order valence-corrected chi connectivity index (χ2v) is 8.93. The van der Waals surface area contributed by atoms with Crippen molar-refractivity contribution in [3.63, 3.8) is 0 Å². The standard InChI is InChI=1S/C23H29NO4S/c1-4-27-22(25)15-29(26)21-10-8-19(9-11-21)28-20-7-5-6-18(14-20)23-16(2)12-13-24-17(23)3/h5-11,14,16-17,23-24H,4,12-13,15H2,1-3H3. The number of nitrogens with one attached hydrogen (secondary N) is 1. The Hall–Kier alpha value is -2.18. The highest BCUT2D eigenvalue weighted by molar-refractivity contribution is 7.85. The second-order valence-electron chi connectivity index (χ2n) is 7.48. The van der Waals surface area contributed by atoms with Crippen LogP contribution in [-0.4, -0.2) is 35.1 Å². The Morgan fingerprint density at radius 3 is 2.59 bits per heavy atom. The summed E-state index contributed by atoms with van der Waals surface area (Å²) in [6, 6.07) is 15.7. The number of hydrogen-bond acceptors (Lipinski definition) is 5. The van der Waals surface area contributed by atoms with E-state index in [-0.39, 0.29) is 12.4 Å². The third-order valence-electron chi connectivity index (χ3n) is 5.34. The van der Waals surface area contributed by atoms with Gasteiger partial charge < -0.3 is 14.8 Å². The summed E-state index contributed by atoms with van der Waals surface area (Å²) < 4.78 is 23.1. The van der Waals surface area contributed by atoms with Crippen LogP contribution in [0.4, 0.5) is 0 Å². The van der Waals surface area contributed by atoms with Gasteiger partial charge in [0.25, 0.3) is 0 Å². The molecule has 1 fully saturated rings. The van der Waals surface area contributed by atoms with E-state index in [4.69, 9.17) is 9.47 Å². The number of ether oxygens (including phenoxy) is 2. The largest absolute Gasteiger partial charge is 0.465 e. The van der Waals surface area contributed by atoms with E-state index in [1.165, 1.54) is 12.0 Å². The van der Waals surface area contributed by atoms with E-state index in [0.717, 1.165) is 12.3 Å². The molecule has 0 spiro atoms. The van der Waals surface area contributed by atoms with E-state index in [2.05, 4.69) is 31.3 Å². The molecule has 0 radical (unpaired) electrons. The van der Waals surface area contributed by atoms with E-state index in [9.17, 15) is 9.00 Å². The predicted octanol–water partition coefficient (Wildman–Crippen LogP) is 4.25. The Balaban J connectivity index is 1.67. The van der Waals surface area contributed by atoms with Crippen molar-refractivity contribution in [1.82, 2.24) is 5.32 Å². The topological polar surface area (TPSA) is 64.6 Å². The number of esters is 1. The molecule has 29 heavy (non-hydrogen) atoms. The van der Waals surface area contributed by atoms with Gasteiger partial charge >= 0.3 is 5.97 Å². The van der Waals surface area contributed by atoms with Crippen LogP contribution in [0.5, 0.6) is 11.5 Å². The average molecular weight is 416 g/mol. The van der Waals surface area contributed by atoms with Gasteiger partial charge in [-0.1, -0.05) is 19.1 Å². The highest BCUT2D eigenvalue weighted by Gasteiger charge is 2.28. The maximum absolute atomic E-state index is 12.2. The fourth-order valence-electron chi connectivity index (χ4n) is 3.93. The van der Waals surface area contributed by atoms with Crippen LogP contribution in [0.25, 0.3) is 0 Å². The minimum absolute atomic E-state index is 0.137. The van der Waals surface area contributed by atoms with Gasteiger partial charge in [0.2, 0.25) is 0 Å². The molecule has 1 N–H and O–H groups in total. The van der Waals surface area contributed by atoms with Gasteiger partial charge in [-0.3, -0.25) is 9.00 Å². The molecular formula is C23H29NO4S. The first kappa shape index (κ1) is 21.5. The molecule has 0 amide bonds. The lowest BCUT2D eigenvalue weighted by atomic mass is 9.78. The van der Waals surface area contributed by atoms with E-state index in [1.54, 1.807) is 31.2 Å². The fourth-order valence-corrected chi connectivity index (χ4v) is 4.83. The molecule has 0 aliphatic carbocycles. The Morgan fingerprint density at radius 1 is 1.14 bits per heavy atom. The summed E-state index contributed by atoms with van der Waals surface area (Å²) >= 11 is 0. The summed E-state index contributed by atoms with van der Waals surface area (Å²) in [6.45, 7) is 7.64. The molecule has 1 heterocycles. The Labute approximate surface area is 175 Å². The summed E-state index contributed by atoms with van der Waals surface area (Å²) in [5.74, 6) is 1.94. The van der Waals surface area contributed by atoms with E-state index >= 15 is 0 Å². The van der Waals surface area contributed by atoms with Crippen molar-refractivity contribution in [1.29, 1.82) is 0 Å². The van der Waals surface area contributed by atoms with Crippen molar-refractivity contribution < 1.29 is 18.5 Å². The van der Waals surface area contributed by atoms with Crippen molar-refractivity contribution in [3.05, 3.63) is 54.1 Å². The molecule has 4 atom stereocenters. The lowest BCUT2D eigenvalue weighted by Gasteiger charge is -2.36. The van der Waals surface area contributed by atoms with Crippen molar-refractivity contribution in [2.45, 2.75) is 44.0 Å². The van der Waals surface area contributed by atoms with Crippen LogP contribution in [0.2, 0.25) is 0 Å². The van der Waals surface area contributed by atoms with E-state index in [1.807, 2.05) is 12.1 Å². The van der Waals surface area contributed by atoms with Gasteiger partial charge in [0.05, 0.1) is 17.4 Å². The van der Waals surface area contributed by atoms with E-state index < -0.39 is 16.8 Å². The van der Waals surface area contributed by atoms with Crippen molar-refractivity contribution in [2.24, 2.45) is 5.92 Å². The first-order valence-electron chi connectivity index (χ1n) is 10.1. The summed E-state index contributed by atoms with van der Waals surface area (Å²) in [5.41, 5.74) is 1.28. The molecule has 2 aromatic rings. The zero-order valence-corrected chi connectivity index (χ0v) is 18.0. The summed E-state index contributed by atoms with van der Waals surface area (Å²) in [4.78, 5) is 12.1. The lowest BCUT2D eigenvalue weighted by Crippen LogP contribution is -2.41. The Bertz CT molecular complexity index is 842. The molecule has 1 saturated heterocycles. The van der Waals surface area contributed by atoms with Gasteiger partial charge in [-0.2, -0.15) is 0 Å². The van der Waals surface area contributed by atoms with Gasteiger partial charge in [-0.05, 0) is 74.7 Å². The normalized spacial score (nSPS) is 22.7. The Morgan fingerprint density at radius 2 is 1.90 bits per heavy atom. The highest BCUT2D eigenvalue weighted by Crippen LogP contribution is 2.35. The van der Waals surface area contributed by atoms with Crippen molar-refractivity contribution in [2.75, 3.05) is 18.9 Å². The zero-order chi connectivity index (χ0) is 20.8. The number of piperidine rings is 1. The molecule has 4 unspecified atom stereocenters. The monoisotopic (exact) mass is 415 g/mol. The number of benzene rings is 2. The number of carbonyl (C=O) groups is 1. The number of rotatable bonds is 7. The van der Waals surface area contributed by atoms with Crippen molar-refractivity contribution >= 4 is 16.8 Å². The molecule has 5 nitrogen and oxygen atoms in total. The molecule has 1 aliphatic heterocycles. The minimum atomic E-state index is -1.42. The third kappa shape index (κ3) is 5.67. The first-order valence-corrected chi connectivity index (χ1v) is 11.4. The zero-order valence-electron chi connectivity index (χ0n) is 17.2. The van der Waals surface area contributed by atoms with Crippen LogP contribution in [-0.2, 0) is 20.3 Å². The maximum Gasteiger partial charge on any atom is 0.318 e. The van der Waals surface area contributed by atoms with Crippen LogP contribution >= 0.6 is 0 Å². The molecule has 1 aliphatic rings. The smallest absolute Gasteiger partial charge is 0.318 e. The van der Waals surface area contributed by atoms with Crippen LogP contribution < -0.4 is 10.1 Å². The molecular weight excluding hydrogens is 386 g/mol. The molecule has 0 bridgehead atoms. The molecule has 2 aromatic carbocycles. The fraction of sp³-hybridized carbons (Fsp3) is 0.435. The van der Waals surface area contributed by atoms with Gasteiger partial charge in [0, 0.05) is 16.9 Å². The van der Waals surface area contributed by atoms with Crippen LogP contribution in [0.1, 0.15) is 38.7 Å². The van der Waals surface area contributed by atoms with Crippen LogP contribution in [0, 0.1) is 5.92 Å². The molecule has 0 aromatic heterocycles. The van der Waals surface area contributed by atoms with Gasteiger partial charge in [-0.25, -0.2) is 0 Å². The maximum atomic E-state index is 12.2. The van der Waals surface area contributed by atoms with Crippen molar-refractivity contribution in [3.8, 4) is 11.5 Å². The lowest BCUT2D eigenvalue weighted by molar-refractivity contribution is -0.139. The summed E-state index contributed by atoms with van der Waals surface area (Å²) in [6.07, 6.45) is 1.17. The van der Waals surface area contributed by atoms with Gasteiger partial charge in [0.1, 0.15) is 17.3 Å². The second kappa shape index (κ2) is 10.0. The highest BCUT2D eigenvalue weighted by atomic mass is 32.2. The molecule has 156 valence electrons. The van der Waals surface area contributed by atoms with Gasteiger partial charge in [-0.15, -0.1) is 0 Å². The minimum Gasteiger partial charge on any atom is -0.465 e.